The van der Waals surface area contributed by atoms with Gasteiger partial charge in [-0.1, -0.05) is 5.92 Å². The number of nitrogens with zero attached hydrogens (tertiary/aromatic N) is 2. The standard InChI is InChI=1S/C8H7N3O2/c1-2-6-13-11-8(12)7-9-4-3-5-10-7/h1,3-5H,6H2,(H,11,12). The molecule has 0 unspecified atom stereocenters. The summed E-state index contributed by atoms with van der Waals surface area (Å²) in [5.41, 5.74) is 2.09. The number of terminal acetylenes is 1. The molecule has 1 heterocycles. The van der Waals surface area contributed by atoms with E-state index in [1.165, 1.54) is 12.4 Å². The zero-order valence-electron chi connectivity index (χ0n) is 6.73. The Labute approximate surface area is 75.1 Å². The molecule has 0 aliphatic heterocycles. The van der Waals surface area contributed by atoms with Gasteiger partial charge in [0, 0.05) is 12.4 Å². The first-order valence-corrected chi connectivity index (χ1v) is 3.47. The number of carbonyl (C=O) groups is 1. The lowest BCUT2D eigenvalue weighted by Gasteiger charge is -2.00. The number of hydrogen-bond acceptors (Lipinski definition) is 4. The number of amides is 1. The minimum absolute atomic E-state index is 0.0125. The van der Waals surface area contributed by atoms with E-state index in [0.29, 0.717) is 0 Å². The molecule has 1 N–H and O–H groups in total. The molecule has 1 amide bonds. The molecule has 1 aromatic heterocycles. The average Bonchev–Trinajstić information content (AvgIpc) is 2.19. The second-order valence-corrected chi connectivity index (χ2v) is 2.00. The monoisotopic (exact) mass is 177 g/mol. The largest absolute Gasteiger partial charge is 0.312 e. The minimum Gasteiger partial charge on any atom is -0.263 e. The van der Waals surface area contributed by atoms with Gasteiger partial charge in [-0.2, -0.15) is 0 Å². The quantitative estimate of drug-likeness (QED) is 0.393. The molecule has 0 atom stereocenters. The summed E-state index contributed by atoms with van der Waals surface area (Å²) >= 11 is 0. The van der Waals surface area contributed by atoms with E-state index in [4.69, 9.17) is 6.42 Å². The van der Waals surface area contributed by atoms with Crippen LogP contribution in [0.15, 0.2) is 18.5 Å². The first kappa shape index (κ1) is 9.16. The molecule has 5 nitrogen and oxygen atoms in total. The minimum atomic E-state index is -0.518. The highest BCUT2D eigenvalue weighted by Crippen LogP contribution is 1.86. The average molecular weight is 177 g/mol. The number of hydroxylamine groups is 1. The molecule has 66 valence electrons. The van der Waals surface area contributed by atoms with Crippen LogP contribution in [-0.4, -0.2) is 22.5 Å². The molecule has 0 fully saturated rings. The van der Waals surface area contributed by atoms with E-state index in [9.17, 15) is 4.79 Å². The highest BCUT2D eigenvalue weighted by molar-refractivity contribution is 5.89. The lowest BCUT2D eigenvalue weighted by Crippen LogP contribution is -2.25. The van der Waals surface area contributed by atoms with Crippen LogP contribution in [0.5, 0.6) is 0 Å². The van der Waals surface area contributed by atoms with Crippen molar-refractivity contribution in [1.29, 1.82) is 0 Å². The van der Waals surface area contributed by atoms with Crippen molar-refractivity contribution in [3.63, 3.8) is 0 Å². The molecular weight excluding hydrogens is 170 g/mol. The molecule has 5 heteroatoms. The van der Waals surface area contributed by atoms with Crippen LogP contribution in [0.3, 0.4) is 0 Å². The molecule has 0 radical (unpaired) electrons. The van der Waals surface area contributed by atoms with Crippen molar-refractivity contribution in [3.8, 4) is 12.3 Å². The summed E-state index contributed by atoms with van der Waals surface area (Å²) < 4.78 is 0. The van der Waals surface area contributed by atoms with Crippen LogP contribution in [0.1, 0.15) is 10.6 Å². The Morgan fingerprint density at radius 2 is 2.31 bits per heavy atom. The molecule has 0 bridgehead atoms. The maximum absolute atomic E-state index is 11.1. The number of aromatic nitrogens is 2. The Kier molecular flexibility index (Phi) is 3.42. The van der Waals surface area contributed by atoms with E-state index in [-0.39, 0.29) is 12.4 Å². The van der Waals surface area contributed by atoms with E-state index in [0.717, 1.165) is 0 Å². The third-order valence-electron chi connectivity index (χ3n) is 1.09. The molecule has 0 spiro atoms. The van der Waals surface area contributed by atoms with Gasteiger partial charge in [-0.3, -0.25) is 9.63 Å². The lowest BCUT2D eigenvalue weighted by molar-refractivity contribution is 0.0428. The molecule has 0 aromatic carbocycles. The van der Waals surface area contributed by atoms with Gasteiger partial charge in [0.15, 0.2) is 0 Å². The lowest BCUT2D eigenvalue weighted by atomic mass is 10.5. The maximum atomic E-state index is 11.1. The van der Waals surface area contributed by atoms with Crippen molar-refractivity contribution in [1.82, 2.24) is 15.4 Å². The van der Waals surface area contributed by atoms with Crippen LogP contribution < -0.4 is 5.48 Å². The highest BCUT2D eigenvalue weighted by atomic mass is 16.6. The number of nitrogens with one attached hydrogen (secondary N) is 1. The summed E-state index contributed by atoms with van der Waals surface area (Å²) in [6, 6.07) is 1.61. The van der Waals surface area contributed by atoms with Crippen molar-refractivity contribution >= 4 is 5.91 Å². The van der Waals surface area contributed by atoms with Gasteiger partial charge in [-0.25, -0.2) is 15.4 Å². The van der Waals surface area contributed by atoms with Crippen LogP contribution in [0.4, 0.5) is 0 Å². The fourth-order valence-corrected chi connectivity index (χ4v) is 0.605. The predicted molar refractivity (Wildman–Crippen MR) is 44.3 cm³/mol. The summed E-state index contributed by atoms with van der Waals surface area (Å²) in [6.45, 7) is 0.0125. The Balaban J connectivity index is 2.46. The molecule has 0 aliphatic rings. The summed E-state index contributed by atoms with van der Waals surface area (Å²) in [6.07, 6.45) is 7.82. The first-order chi connectivity index (χ1) is 6.34. The maximum Gasteiger partial charge on any atom is 0.312 e. The Bertz CT molecular complexity index is 318. The van der Waals surface area contributed by atoms with E-state index in [1.807, 2.05) is 0 Å². The van der Waals surface area contributed by atoms with Gasteiger partial charge in [0.25, 0.3) is 0 Å². The van der Waals surface area contributed by atoms with Crippen molar-refractivity contribution in [3.05, 3.63) is 24.3 Å². The Morgan fingerprint density at radius 1 is 1.62 bits per heavy atom. The zero-order chi connectivity index (χ0) is 9.52. The van der Waals surface area contributed by atoms with Gasteiger partial charge >= 0.3 is 5.91 Å². The fraction of sp³-hybridized carbons (Fsp3) is 0.125. The second kappa shape index (κ2) is 4.85. The molecule has 1 rings (SSSR count). The van der Waals surface area contributed by atoms with Crippen LogP contribution in [0, 0.1) is 12.3 Å². The summed E-state index contributed by atoms with van der Waals surface area (Å²) in [5.74, 6) is 1.72. The summed E-state index contributed by atoms with van der Waals surface area (Å²) in [4.78, 5) is 23.1. The third kappa shape index (κ3) is 2.89. The van der Waals surface area contributed by atoms with Gasteiger partial charge in [0.1, 0.15) is 6.61 Å². The second-order valence-electron chi connectivity index (χ2n) is 2.00. The number of rotatable bonds is 3. The van der Waals surface area contributed by atoms with E-state index < -0.39 is 5.91 Å². The molecular formula is C8H7N3O2. The van der Waals surface area contributed by atoms with Crippen LogP contribution in [0.25, 0.3) is 0 Å². The van der Waals surface area contributed by atoms with Gasteiger partial charge in [0.2, 0.25) is 5.82 Å². The predicted octanol–water partition coefficient (Wildman–Crippen LogP) is -0.229. The van der Waals surface area contributed by atoms with E-state index >= 15 is 0 Å². The molecule has 0 saturated heterocycles. The molecule has 13 heavy (non-hydrogen) atoms. The molecule has 1 aromatic rings. The third-order valence-corrected chi connectivity index (χ3v) is 1.09. The Morgan fingerprint density at radius 3 is 2.92 bits per heavy atom. The Hall–Kier alpha value is -1.93. The molecule has 0 saturated carbocycles. The van der Waals surface area contributed by atoms with Crippen LogP contribution in [0.2, 0.25) is 0 Å². The van der Waals surface area contributed by atoms with Crippen molar-refractivity contribution in [2.45, 2.75) is 0 Å². The normalized spacial score (nSPS) is 8.85. The van der Waals surface area contributed by atoms with Crippen LogP contribution in [-0.2, 0) is 4.84 Å². The van der Waals surface area contributed by atoms with Gasteiger partial charge in [-0.15, -0.1) is 6.42 Å². The number of carbonyl (C=O) groups excluding carboxylic acids is 1. The first-order valence-electron chi connectivity index (χ1n) is 3.47. The van der Waals surface area contributed by atoms with Crippen LogP contribution >= 0.6 is 0 Å². The summed E-state index contributed by atoms with van der Waals surface area (Å²) in [7, 11) is 0. The van der Waals surface area contributed by atoms with E-state index in [2.05, 4.69) is 26.2 Å². The van der Waals surface area contributed by atoms with Crippen molar-refractivity contribution < 1.29 is 9.63 Å². The summed E-state index contributed by atoms with van der Waals surface area (Å²) in [5, 5.41) is 0. The SMILES string of the molecule is C#CCONC(=O)c1ncccn1. The topological polar surface area (TPSA) is 64.1 Å². The van der Waals surface area contributed by atoms with Gasteiger partial charge < -0.3 is 0 Å². The van der Waals surface area contributed by atoms with Gasteiger partial charge in [0.05, 0.1) is 0 Å². The fourth-order valence-electron chi connectivity index (χ4n) is 0.605. The smallest absolute Gasteiger partial charge is 0.263 e. The van der Waals surface area contributed by atoms with Crippen molar-refractivity contribution in [2.75, 3.05) is 6.61 Å². The number of hydrogen-bond donors (Lipinski definition) is 1. The van der Waals surface area contributed by atoms with E-state index in [1.54, 1.807) is 6.07 Å². The highest BCUT2D eigenvalue weighted by Gasteiger charge is 2.06. The van der Waals surface area contributed by atoms with Crippen molar-refractivity contribution in [2.24, 2.45) is 0 Å². The molecule has 0 aliphatic carbocycles. The van der Waals surface area contributed by atoms with Gasteiger partial charge in [-0.05, 0) is 6.07 Å². The zero-order valence-corrected chi connectivity index (χ0v) is 6.73.